The van der Waals surface area contributed by atoms with Gasteiger partial charge in [0.2, 0.25) is 0 Å². The molecule has 1 aromatic carbocycles. The van der Waals surface area contributed by atoms with Crippen molar-refractivity contribution in [1.29, 1.82) is 0 Å². The Labute approximate surface area is 135 Å². The van der Waals surface area contributed by atoms with Gasteiger partial charge in [0.05, 0.1) is 5.69 Å². The highest BCUT2D eigenvalue weighted by molar-refractivity contribution is 9.10. The molecule has 2 rings (SSSR count). The zero-order valence-corrected chi connectivity index (χ0v) is 14.6. The molecule has 114 valence electrons. The van der Waals surface area contributed by atoms with E-state index in [0.717, 1.165) is 23.9 Å². The van der Waals surface area contributed by atoms with Gasteiger partial charge in [0.1, 0.15) is 0 Å². The van der Waals surface area contributed by atoms with Crippen molar-refractivity contribution in [3.05, 3.63) is 52.3 Å². The summed E-state index contributed by atoms with van der Waals surface area (Å²) in [6.07, 6.45) is 4.09. The summed E-state index contributed by atoms with van der Waals surface area (Å²) < 4.78 is 3.02. The fraction of sp³-hybridized carbons (Fsp3) is 0.471. The molecular formula is C17H24BrN3. The lowest BCUT2D eigenvalue weighted by atomic mass is 9.94. The number of halogens is 1. The van der Waals surface area contributed by atoms with Crippen molar-refractivity contribution in [3.63, 3.8) is 0 Å². The molecule has 1 aromatic heterocycles. The molecule has 0 bridgehead atoms. The number of nitrogens with one attached hydrogen (secondary N) is 1. The molecule has 0 amide bonds. The summed E-state index contributed by atoms with van der Waals surface area (Å²) in [7, 11) is 1.97. The third-order valence-electron chi connectivity index (χ3n) is 3.49. The van der Waals surface area contributed by atoms with Crippen molar-refractivity contribution in [1.82, 2.24) is 15.1 Å². The molecule has 4 heteroatoms. The van der Waals surface area contributed by atoms with Crippen molar-refractivity contribution in [2.45, 2.75) is 32.7 Å². The Morgan fingerprint density at radius 1 is 1.24 bits per heavy atom. The summed E-state index contributed by atoms with van der Waals surface area (Å²) in [4.78, 5) is 0. The summed E-state index contributed by atoms with van der Waals surface area (Å²) in [5.74, 6) is 0.552. The van der Waals surface area contributed by atoms with E-state index in [4.69, 9.17) is 0 Å². The average molecular weight is 350 g/mol. The first-order valence-electron chi connectivity index (χ1n) is 7.49. The normalized spacial score (nSPS) is 12.8. The molecule has 0 saturated heterocycles. The first-order chi connectivity index (χ1) is 10.0. The minimum atomic E-state index is 0.513. The Morgan fingerprint density at radius 3 is 2.67 bits per heavy atom. The number of aromatic nitrogens is 2. The zero-order chi connectivity index (χ0) is 15.2. The van der Waals surface area contributed by atoms with Gasteiger partial charge in [-0.05, 0) is 49.1 Å². The van der Waals surface area contributed by atoms with Crippen LogP contribution in [0.15, 0.2) is 41.0 Å². The Kier molecular flexibility index (Phi) is 6.00. The highest BCUT2D eigenvalue weighted by atomic mass is 79.9. The van der Waals surface area contributed by atoms with Crippen LogP contribution < -0.4 is 5.32 Å². The maximum absolute atomic E-state index is 4.52. The molecule has 1 unspecified atom stereocenters. The van der Waals surface area contributed by atoms with Crippen molar-refractivity contribution >= 4 is 15.9 Å². The van der Waals surface area contributed by atoms with Crippen LogP contribution in [0.1, 0.15) is 25.1 Å². The minimum absolute atomic E-state index is 0.513. The smallest absolute Gasteiger partial charge is 0.0627 e. The van der Waals surface area contributed by atoms with Crippen LogP contribution in [0.5, 0.6) is 0 Å². The van der Waals surface area contributed by atoms with E-state index in [9.17, 15) is 0 Å². The lowest BCUT2D eigenvalue weighted by molar-refractivity contribution is 0.439. The van der Waals surface area contributed by atoms with Crippen LogP contribution >= 0.6 is 15.9 Å². The van der Waals surface area contributed by atoms with Crippen LogP contribution in [-0.4, -0.2) is 22.4 Å². The lowest BCUT2D eigenvalue weighted by Crippen LogP contribution is -2.31. The molecule has 0 saturated carbocycles. The number of benzene rings is 1. The third kappa shape index (κ3) is 5.64. The van der Waals surface area contributed by atoms with E-state index in [1.54, 1.807) is 0 Å². The van der Waals surface area contributed by atoms with Crippen LogP contribution in [0.2, 0.25) is 0 Å². The lowest BCUT2D eigenvalue weighted by Gasteiger charge is -2.19. The van der Waals surface area contributed by atoms with Crippen LogP contribution in [0.4, 0.5) is 0 Å². The van der Waals surface area contributed by atoms with Crippen LogP contribution in [0.3, 0.4) is 0 Å². The molecule has 0 radical (unpaired) electrons. The molecule has 0 aliphatic rings. The molecule has 0 fully saturated rings. The second-order valence-corrected chi connectivity index (χ2v) is 6.86. The third-order valence-corrected chi connectivity index (χ3v) is 3.99. The second-order valence-electron chi connectivity index (χ2n) is 5.95. The number of rotatable bonds is 7. The van der Waals surface area contributed by atoms with Gasteiger partial charge in [0, 0.05) is 23.8 Å². The highest BCUT2D eigenvalue weighted by Crippen LogP contribution is 2.17. The molecule has 0 spiro atoms. The van der Waals surface area contributed by atoms with Crippen molar-refractivity contribution in [2.75, 3.05) is 6.54 Å². The number of aryl methyl sites for hydroxylation is 1. The summed E-state index contributed by atoms with van der Waals surface area (Å²) in [6, 6.07) is 11.2. The number of hydrogen-bond donors (Lipinski definition) is 1. The monoisotopic (exact) mass is 349 g/mol. The van der Waals surface area contributed by atoms with Crippen molar-refractivity contribution in [3.8, 4) is 0 Å². The van der Waals surface area contributed by atoms with E-state index in [1.165, 1.54) is 11.3 Å². The quantitative estimate of drug-likeness (QED) is 0.827. The molecule has 1 N–H and O–H groups in total. The van der Waals surface area contributed by atoms with Gasteiger partial charge in [0.15, 0.2) is 0 Å². The van der Waals surface area contributed by atoms with Gasteiger partial charge in [-0.2, -0.15) is 5.10 Å². The molecule has 3 nitrogen and oxygen atoms in total. The van der Waals surface area contributed by atoms with Gasteiger partial charge in [-0.15, -0.1) is 0 Å². The topological polar surface area (TPSA) is 29.9 Å². The average Bonchev–Trinajstić information content (AvgIpc) is 2.81. The van der Waals surface area contributed by atoms with Gasteiger partial charge in [-0.3, -0.25) is 4.68 Å². The fourth-order valence-corrected chi connectivity index (χ4v) is 2.93. The van der Waals surface area contributed by atoms with Crippen molar-refractivity contribution in [2.24, 2.45) is 13.0 Å². The summed E-state index contributed by atoms with van der Waals surface area (Å²) in [5.41, 5.74) is 2.54. The predicted octanol–water partition coefficient (Wildman–Crippen LogP) is 3.58. The second kappa shape index (κ2) is 7.76. The van der Waals surface area contributed by atoms with Gasteiger partial charge >= 0.3 is 0 Å². The van der Waals surface area contributed by atoms with E-state index in [2.05, 4.69) is 70.5 Å². The predicted molar refractivity (Wildman–Crippen MR) is 91.4 cm³/mol. The SMILES string of the molecule is CC(C)NCC(Cc1cccc(Br)c1)Cc1ccn(C)n1. The van der Waals surface area contributed by atoms with Gasteiger partial charge in [-0.25, -0.2) is 0 Å². The zero-order valence-electron chi connectivity index (χ0n) is 13.0. The maximum Gasteiger partial charge on any atom is 0.0627 e. The van der Waals surface area contributed by atoms with Gasteiger partial charge < -0.3 is 5.32 Å². The Balaban J connectivity index is 2.04. The number of nitrogens with zero attached hydrogens (tertiary/aromatic N) is 2. The molecule has 1 atom stereocenters. The van der Waals surface area contributed by atoms with E-state index in [-0.39, 0.29) is 0 Å². The Bertz CT molecular complexity index is 563. The summed E-state index contributed by atoms with van der Waals surface area (Å²) in [5, 5.41) is 8.08. The van der Waals surface area contributed by atoms with E-state index >= 15 is 0 Å². The molecule has 0 aliphatic heterocycles. The summed E-state index contributed by atoms with van der Waals surface area (Å²) >= 11 is 3.55. The Hall–Kier alpha value is -1.13. The molecule has 1 heterocycles. The molecule has 2 aromatic rings. The minimum Gasteiger partial charge on any atom is -0.314 e. The van der Waals surface area contributed by atoms with E-state index < -0.39 is 0 Å². The van der Waals surface area contributed by atoms with E-state index in [0.29, 0.717) is 12.0 Å². The highest BCUT2D eigenvalue weighted by Gasteiger charge is 2.13. The molecule has 0 aliphatic carbocycles. The van der Waals surface area contributed by atoms with Crippen LogP contribution in [0, 0.1) is 5.92 Å². The maximum atomic E-state index is 4.52. The Morgan fingerprint density at radius 2 is 2.05 bits per heavy atom. The molecular weight excluding hydrogens is 326 g/mol. The van der Waals surface area contributed by atoms with Crippen LogP contribution in [0.25, 0.3) is 0 Å². The van der Waals surface area contributed by atoms with Gasteiger partial charge in [-0.1, -0.05) is 41.9 Å². The first-order valence-corrected chi connectivity index (χ1v) is 8.28. The van der Waals surface area contributed by atoms with E-state index in [1.807, 2.05) is 17.9 Å². The standard InChI is InChI=1S/C17H24BrN3/c1-13(2)19-12-15(11-17-7-8-21(3)20-17)9-14-5-4-6-16(18)10-14/h4-8,10,13,15,19H,9,11-12H2,1-3H3. The van der Waals surface area contributed by atoms with Crippen LogP contribution in [-0.2, 0) is 19.9 Å². The first kappa shape index (κ1) is 16.2. The largest absolute Gasteiger partial charge is 0.314 e. The fourth-order valence-electron chi connectivity index (χ4n) is 2.48. The number of hydrogen-bond acceptors (Lipinski definition) is 2. The molecule has 21 heavy (non-hydrogen) atoms. The summed E-state index contributed by atoms with van der Waals surface area (Å²) in [6.45, 7) is 5.40. The van der Waals surface area contributed by atoms with Gasteiger partial charge in [0.25, 0.3) is 0 Å². The van der Waals surface area contributed by atoms with Crippen molar-refractivity contribution < 1.29 is 0 Å².